The molecule has 0 amide bonds. The van der Waals surface area contributed by atoms with E-state index in [1.807, 2.05) is 35.5 Å². The maximum Gasteiger partial charge on any atom is 0.113 e. The molecule has 2 aromatic heterocycles. The third-order valence-corrected chi connectivity index (χ3v) is 4.31. The topological polar surface area (TPSA) is 31.0 Å². The molecule has 3 aromatic rings. The van der Waals surface area contributed by atoms with Crippen LogP contribution < -0.4 is 0 Å². The molecule has 0 bridgehead atoms. The summed E-state index contributed by atoms with van der Waals surface area (Å²) in [6.45, 7) is 4.09. The van der Waals surface area contributed by atoms with Gasteiger partial charge in [0.2, 0.25) is 0 Å². The van der Waals surface area contributed by atoms with E-state index in [0.717, 1.165) is 34.3 Å². The number of nitrogens with zero attached hydrogens (tertiary/aromatic N) is 2. The summed E-state index contributed by atoms with van der Waals surface area (Å²) < 4.78 is 7.31. The molecule has 0 radical (unpaired) electrons. The van der Waals surface area contributed by atoms with Crippen molar-refractivity contribution in [1.82, 2.24) is 9.78 Å². The third-order valence-electron chi connectivity index (χ3n) is 3.28. The highest BCUT2D eigenvalue weighted by molar-refractivity contribution is 7.97. The van der Waals surface area contributed by atoms with Gasteiger partial charge in [0.1, 0.15) is 5.76 Å². The van der Waals surface area contributed by atoms with Crippen molar-refractivity contribution in [3.8, 4) is 5.69 Å². The van der Waals surface area contributed by atoms with Crippen molar-refractivity contribution in [2.75, 3.05) is 0 Å². The molecule has 0 unspecified atom stereocenters. The SMILES string of the molecule is Cc1cc(C)n(-c2ccc(CSCc3ccco3)cc2)n1. The van der Waals surface area contributed by atoms with Crippen LogP contribution in [0.4, 0.5) is 0 Å². The minimum atomic E-state index is 0.909. The molecule has 2 heterocycles. The minimum Gasteiger partial charge on any atom is -0.468 e. The molecule has 3 nitrogen and oxygen atoms in total. The van der Waals surface area contributed by atoms with Crippen molar-refractivity contribution in [3.63, 3.8) is 0 Å². The summed E-state index contributed by atoms with van der Waals surface area (Å²) in [5.41, 5.74) is 4.63. The molecule has 0 saturated carbocycles. The summed E-state index contributed by atoms with van der Waals surface area (Å²) in [6.07, 6.45) is 1.72. The van der Waals surface area contributed by atoms with Crippen molar-refractivity contribution < 1.29 is 4.42 Å². The maximum atomic E-state index is 5.33. The summed E-state index contributed by atoms with van der Waals surface area (Å²) in [4.78, 5) is 0. The zero-order valence-electron chi connectivity index (χ0n) is 12.2. The van der Waals surface area contributed by atoms with Gasteiger partial charge in [-0.25, -0.2) is 4.68 Å². The van der Waals surface area contributed by atoms with E-state index in [4.69, 9.17) is 4.42 Å². The van der Waals surface area contributed by atoms with Crippen LogP contribution in [0.2, 0.25) is 0 Å². The molecule has 3 rings (SSSR count). The molecule has 21 heavy (non-hydrogen) atoms. The number of aryl methyl sites for hydroxylation is 2. The molecule has 0 aliphatic carbocycles. The van der Waals surface area contributed by atoms with Gasteiger partial charge >= 0.3 is 0 Å². The highest BCUT2D eigenvalue weighted by Gasteiger charge is 2.04. The van der Waals surface area contributed by atoms with Crippen molar-refractivity contribution >= 4 is 11.8 Å². The molecule has 1 aromatic carbocycles. The van der Waals surface area contributed by atoms with E-state index in [9.17, 15) is 0 Å². The standard InChI is InChI=1S/C17H18N2OS/c1-13-10-14(2)19(18-13)16-7-5-15(6-8-16)11-21-12-17-4-3-9-20-17/h3-10H,11-12H2,1-2H3. The van der Waals surface area contributed by atoms with Crippen LogP contribution in [0, 0.1) is 13.8 Å². The van der Waals surface area contributed by atoms with Crippen LogP contribution in [0.25, 0.3) is 5.69 Å². The first-order valence-electron chi connectivity index (χ1n) is 6.95. The van der Waals surface area contributed by atoms with Gasteiger partial charge in [-0.3, -0.25) is 0 Å². The number of benzene rings is 1. The van der Waals surface area contributed by atoms with Crippen molar-refractivity contribution in [2.45, 2.75) is 25.4 Å². The Kier molecular flexibility index (Phi) is 4.15. The molecular formula is C17H18N2OS. The van der Waals surface area contributed by atoms with Crippen LogP contribution in [-0.2, 0) is 11.5 Å². The van der Waals surface area contributed by atoms with Gasteiger partial charge in [-0.05, 0) is 49.7 Å². The maximum absolute atomic E-state index is 5.33. The second-order valence-electron chi connectivity index (χ2n) is 5.08. The van der Waals surface area contributed by atoms with E-state index in [0.29, 0.717) is 0 Å². The Labute approximate surface area is 129 Å². The van der Waals surface area contributed by atoms with Crippen LogP contribution in [0.5, 0.6) is 0 Å². The second-order valence-corrected chi connectivity index (χ2v) is 6.06. The summed E-state index contributed by atoms with van der Waals surface area (Å²) in [6, 6.07) is 14.6. The fraction of sp³-hybridized carbons (Fsp3) is 0.235. The van der Waals surface area contributed by atoms with Crippen molar-refractivity contribution in [1.29, 1.82) is 0 Å². The van der Waals surface area contributed by atoms with Crippen molar-refractivity contribution in [3.05, 3.63) is 71.4 Å². The average Bonchev–Trinajstić information content (AvgIpc) is 3.09. The Balaban J connectivity index is 1.63. The van der Waals surface area contributed by atoms with Crippen LogP contribution in [0.15, 0.2) is 53.1 Å². The van der Waals surface area contributed by atoms with E-state index < -0.39 is 0 Å². The lowest BCUT2D eigenvalue weighted by Crippen LogP contribution is -1.98. The summed E-state index contributed by atoms with van der Waals surface area (Å²) in [5.74, 6) is 2.92. The molecule has 0 saturated heterocycles. The lowest BCUT2D eigenvalue weighted by molar-refractivity contribution is 0.530. The van der Waals surface area contributed by atoms with Gasteiger partial charge in [0.15, 0.2) is 0 Å². The molecule has 4 heteroatoms. The molecule has 108 valence electrons. The van der Waals surface area contributed by atoms with Gasteiger partial charge in [0.05, 0.1) is 23.4 Å². The highest BCUT2D eigenvalue weighted by Crippen LogP contribution is 2.20. The summed E-state index contributed by atoms with van der Waals surface area (Å²) in [5, 5.41) is 4.51. The fourth-order valence-corrected chi connectivity index (χ4v) is 3.18. The first kappa shape index (κ1) is 14.0. The number of hydrogen-bond donors (Lipinski definition) is 0. The quantitative estimate of drug-likeness (QED) is 0.694. The number of furan rings is 1. The van der Waals surface area contributed by atoms with E-state index in [1.165, 1.54) is 5.56 Å². The van der Waals surface area contributed by atoms with Crippen LogP contribution in [0.3, 0.4) is 0 Å². The minimum absolute atomic E-state index is 0.909. The molecule has 0 aliphatic rings. The van der Waals surface area contributed by atoms with Crippen LogP contribution in [0.1, 0.15) is 22.7 Å². The first-order valence-corrected chi connectivity index (χ1v) is 8.10. The number of rotatable bonds is 5. The van der Waals surface area contributed by atoms with E-state index >= 15 is 0 Å². The molecule has 0 fully saturated rings. The summed E-state index contributed by atoms with van der Waals surface area (Å²) in [7, 11) is 0. The first-order chi connectivity index (χ1) is 10.2. The third kappa shape index (κ3) is 3.39. The Morgan fingerprint density at radius 2 is 1.90 bits per heavy atom. The van der Waals surface area contributed by atoms with Crippen molar-refractivity contribution in [2.24, 2.45) is 0 Å². The summed E-state index contributed by atoms with van der Waals surface area (Å²) >= 11 is 1.86. The Bertz CT molecular complexity index is 699. The lowest BCUT2D eigenvalue weighted by atomic mass is 10.2. The van der Waals surface area contributed by atoms with Gasteiger partial charge in [0.25, 0.3) is 0 Å². The Hall–Kier alpha value is -1.94. The normalized spacial score (nSPS) is 11.0. The largest absolute Gasteiger partial charge is 0.468 e. The highest BCUT2D eigenvalue weighted by atomic mass is 32.2. The van der Waals surface area contributed by atoms with Gasteiger partial charge in [-0.2, -0.15) is 5.10 Å². The Morgan fingerprint density at radius 1 is 1.10 bits per heavy atom. The van der Waals surface area contributed by atoms with E-state index in [-0.39, 0.29) is 0 Å². The number of thioether (sulfide) groups is 1. The van der Waals surface area contributed by atoms with E-state index in [2.05, 4.69) is 42.4 Å². The Morgan fingerprint density at radius 3 is 2.52 bits per heavy atom. The zero-order chi connectivity index (χ0) is 14.7. The zero-order valence-corrected chi connectivity index (χ0v) is 13.1. The molecular weight excluding hydrogens is 280 g/mol. The molecule has 0 N–H and O–H groups in total. The lowest BCUT2D eigenvalue weighted by Gasteiger charge is -2.06. The van der Waals surface area contributed by atoms with Crippen LogP contribution >= 0.6 is 11.8 Å². The monoisotopic (exact) mass is 298 g/mol. The molecule has 0 atom stereocenters. The van der Waals surface area contributed by atoms with Gasteiger partial charge in [0, 0.05) is 11.4 Å². The molecule has 0 aliphatic heterocycles. The van der Waals surface area contributed by atoms with Gasteiger partial charge in [-0.15, -0.1) is 11.8 Å². The van der Waals surface area contributed by atoms with Gasteiger partial charge in [-0.1, -0.05) is 12.1 Å². The van der Waals surface area contributed by atoms with E-state index in [1.54, 1.807) is 6.26 Å². The van der Waals surface area contributed by atoms with Crippen LogP contribution in [-0.4, -0.2) is 9.78 Å². The molecule has 0 spiro atoms. The fourth-order valence-electron chi connectivity index (χ4n) is 2.29. The smallest absolute Gasteiger partial charge is 0.113 e. The average molecular weight is 298 g/mol. The second kappa shape index (κ2) is 6.22. The predicted octanol–water partition coefficient (Wildman–Crippen LogP) is 4.52. The van der Waals surface area contributed by atoms with Gasteiger partial charge < -0.3 is 4.42 Å². The number of aromatic nitrogens is 2. The predicted molar refractivity (Wildman–Crippen MR) is 86.7 cm³/mol. The number of hydrogen-bond acceptors (Lipinski definition) is 3.